The molecule has 4 nitrogen and oxygen atoms in total. The first-order valence-electron chi connectivity index (χ1n) is 7.24. The van der Waals surface area contributed by atoms with Gasteiger partial charge in [-0.05, 0) is 45.2 Å². The van der Waals surface area contributed by atoms with Crippen molar-refractivity contribution in [2.24, 2.45) is 0 Å². The van der Waals surface area contributed by atoms with E-state index >= 15 is 0 Å². The summed E-state index contributed by atoms with van der Waals surface area (Å²) in [7, 11) is 0. The molecule has 0 saturated carbocycles. The van der Waals surface area contributed by atoms with E-state index in [-0.39, 0.29) is 11.8 Å². The van der Waals surface area contributed by atoms with E-state index in [0.29, 0.717) is 5.56 Å². The second kappa shape index (κ2) is 6.55. The van der Waals surface area contributed by atoms with E-state index in [1.807, 2.05) is 24.0 Å². The van der Waals surface area contributed by atoms with Crippen LogP contribution in [-0.2, 0) is 4.79 Å². The molecule has 1 atom stereocenters. The summed E-state index contributed by atoms with van der Waals surface area (Å²) >= 11 is 0. The average Bonchev–Trinajstić information content (AvgIpc) is 2.48. The zero-order chi connectivity index (χ0) is 14.5. The van der Waals surface area contributed by atoms with Crippen LogP contribution < -0.4 is 5.32 Å². The summed E-state index contributed by atoms with van der Waals surface area (Å²) in [5, 5.41) is 2.78. The van der Waals surface area contributed by atoms with Crippen LogP contribution in [0.15, 0.2) is 24.3 Å². The van der Waals surface area contributed by atoms with Crippen LogP contribution in [0.1, 0.15) is 42.1 Å². The molecule has 0 radical (unpaired) electrons. The Morgan fingerprint density at radius 2 is 1.70 bits per heavy atom. The second-order valence-corrected chi connectivity index (χ2v) is 5.45. The summed E-state index contributed by atoms with van der Waals surface area (Å²) in [6, 6.07) is 6.88. The number of amides is 2. The van der Waals surface area contributed by atoms with Crippen molar-refractivity contribution >= 4 is 11.8 Å². The highest BCUT2D eigenvalue weighted by atomic mass is 16.2. The minimum Gasteiger partial charge on any atom is -0.341 e. The molecule has 1 heterocycles. The Labute approximate surface area is 120 Å². The maximum absolute atomic E-state index is 12.2. The van der Waals surface area contributed by atoms with Gasteiger partial charge in [-0.3, -0.25) is 9.59 Å². The van der Waals surface area contributed by atoms with Crippen LogP contribution in [0.3, 0.4) is 0 Å². The Morgan fingerprint density at radius 1 is 1.10 bits per heavy atom. The lowest BCUT2D eigenvalue weighted by Gasteiger charge is -2.29. The zero-order valence-corrected chi connectivity index (χ0v) is 12.2. The molecule has 2 amide bonds. The fourth-order valence-corrected chi connectivity index (χ4v) is 2.43. The van der Waals surface area contributed by atoms with Crippen molar-refractivity contribution in [3.8, 4) is 0 Å². The quantitative estimate of drug-likeness (QED) is 0.918. The normalized spacial score (nSPS) is 16.6. The van der Waals surface area contributed by atoms with Gasteiger partial charge < -0.3 is 10.2 Å². The van der Waals surface area contributed by atoms with E-state index in [1.165, 1.54) is 6.42 Å². The molecule has 108 valence electrons. The summed E-state index contributed by atoms with van der Waals surface area (Å²) in [5.74, 6) is -0.173. The van der Waals surface area contributed by atoms with Gasteiger partial charge in [-0.2, -0.15) is 0 Å². The standard InChI is InChI=1S/C16H22N2O2/c1-12-6-8-14(9-7-12)15(19)17-13(2)16(20)18-10-4-3-5-11-18/h6-9,13H,3-5,10-11H2,1-2H3,(H,17,19). The van der Waals surface area contributed by atoms with Gasteiger partial charge in [-0.25, -0.2) is 0 Å². The number of carbonyl (C=O) groups is 2. The van der Waals surface area contributed by atoms with Gasteiger partial charge in [-0.15, -0.1) is 0 Å². The molecule has 0 spiro atoms. The monoisotopic (exact) mass is 274 g/mol. The van der Waals surface area contributed by atoms with E-state index in [2.05, 4.69) is 5.32 Å². The second-order valence-electron chi connectivity index (χ2n) is 5.45. The third kappa shape index (κ3) is 3.59. The number of benzene rings is 1. The lowest BCUT2D eigenvalue weighted by atomic mass is 10.1. The molecule has 1 unspecified atom stereocenters. The van der Waals surface area contributed by atoms with Crippen LogP contribution in [0, 0.1) is 6.92 Å². The molecular weight excluding hydrogens is 252 g/mol. The number of hydrogen-bond donors (Lipinski definition) is 1. The predicted molar refractivity (Wildman–Crippen MR) is 78.5 cm³/mol. The van der Waals surface area contributed by atoms with Gasteiger partial charge in [0.05, 0.1) is 0 Å². The van der Waals surface area contributed by atoms with Gasteiger partial charge in [-0.1, -0.05) is 17.7 Å². The van der Waals surface area contributed by atoms with Crippen LogP contribution in [0.5, 0.6) is 0 Å². The Bertz CT molecular complexity index is 476. The van der Waals surface area contributed by atoms with Gasteiger partial charge in [0.2, 0.25) is 5.91 Å². The number of nitrogens with zero attached hydrogens (tertiary/aromatic N) is 1. The first-order chi connectivity index (χ1) is 9.58. The van der Waals surface area contributed by atoms with Gasteiger partial charge >= 0.3 is 0 Å². The van der Waals surface area contributed by atoms with Crippen LogP contribution in [0.25, 0.3) is 0 Å². The Morgan fingerprint density at radius 3 is 2.30 bits per heavy atom. The third-order valence-corrected chi connectivity index (χ3v) is 3.70. The predicted octanol–water partition coefficient (Wildman–Crippen LogP) is 2.13. The molecule has 0 bridgehead atoms. The van der Waals surface area contributed by atoms with Crippen molar-refractivity contribution < 1.29 is 9.59 Å². The first-order valence-corrected chi connectivity index (χ1v) is 7.24. The smallest absolute Gasteiger partial charge is 0.251 e. The number of rotatable bonds is 3. The number of piperidine rings is 1. The third-order valence-electron chi connectivity index (χ3n) is 3.70. The van der Waals surface area contributed by atoms with Gasteiger partial charge in [0.15, 0.2) is 0 Å². The SMILES string of the molecule is Cc1ccc(C(=O)NC(C)C(=O)N2CCCCC2)cc1. The maximum Gasteiger partial charge on any atom is 0.251 e. The highest BCUT2D eigenvalue weighted by Gasteiger charge is 2.23. The van der Waals surface area contributed by atoms with E-state index in [0.717, 1.165) is 31.5 Å². The van der Waals surface area contributed by atoms with E-state index in [1.54, 1.807) is 19.1 Å². The van der Waals surface area contributed by atoms with Gasteiger partial charge in [0.1, 0.15) is 6.04 Å². The number of hydrogen-bond acceptors (Lipinski definition) is 2. The Kier molecular flexibility index (Phi) is 4.77. The molecular formula is C16H22N2O2. The molecule has 1 aromatic carbocycles. The number of nitrogens with one attached hydrogen (secondary N) is 1. The molecule has 1 aromatic rings. The molecule has 0 aromatic heterocycles. The van der Waals surface area contributed by atoms with Gasteiger partial charge in [0.25, 0.3) is 5.91 Å². The maximum atomic E-state index is 12.2. The van der Waals surface area contributed by atoms with Crippen molar-refractivity contribution in [2.45, 2.75) is 39.2 Å². The highest BCUT2D eigenvalue weighted by molar-refractivity contribution is 5.97. The topological polar surface area (TPSA) is 49.4 Å². The molecule has 1 aliphatic heterocycles. The average molecular weight is 274 g/mol. The lowest BCUT2D eigenvalue weighted by molar-refractivity contribution is -0.133. The first kappa shape index (κ1) is 14.6. The number of aryl methyl sites for hydroxylation is 1. The molecule has 0 aliphatic carbocycles. The minimum absolute atomic E-state index is 0.0187. The van der Waals surface area contributed by atoms with Crippen molar-refractivity contribution in [3.63, 3.8) is 0 Å². The van der Waals surface area contributed by atoms with E-state index in [9.17, 15) is 9.59 Å². The molecule has 4 heteroatoms. The summed E-state index contributed by atoms with van der Waals surface area (Å²) in [5.41, 5.74) is 1.70. The van der Waals surface area contributed by atoms with Crippen LogP contribution in [0.2, 0.25) is 0 Å². The van der Waals surface area contributed by atoms with E-state index in [4.69, 9.17) is 0 Å². The number of likely N-dealkylation sites (tertiary alicyclic amines) is 1. The van der Waals surface area contributed by atoms with E-state index < -0.39 is 6.04 Å². The molecule has 1 N–H and O–H groups in total. The summed E-state index contributed by atoms with van der Waals surface area (Å²) in [6.45, 7) is 5.35. The highest BCUT2D eigenvalue weighted by Crippen LogP contribution is 2.10. The van der Waals surface area contributed by atoms with Crippen molar-refractivity contribution in [3.05, 3.63) is 35.4 Å². The van der Waals surface area contributed by atoms with Crippen molar-refractivity contribution in [2.75, 3.05) is 13.1 Å². The molecule has 1 saturated heterocycles. The molecule has 20 heavy (non-hydrogen) atoms. The summed E-state index contributed by atoms with van der Waals surface area (Å²) < 4.78 is 0. The summed E-state index contributed by atoms with van der Waals surface area (Å²) in [6.07, 6.45) is 3.31. The van der Waals surface area contributed by atoms with Gasteiger partial charge in [0, 0.05) is 18.7 Å². The fraction of sp³-hybridized carbons (Fsp3) is 0.500. The lowest BCUT2D eigenvalue weighted by Crippen LogP contribution is -2.48. The largest absolute Gasteiger partial charge is 0.341 e. The summed E-state index contributed by atoms with van der Waals surface area (Å²) in [4.78, 5) is 26.2. The van der Waals surface area contributed by atoms with Crippen LogP contribution in [-0.4, -0.2) is 35.8 Å². The van der Waals surface area contributed by atoms with Crippen LogP contribution in [0.4, 0.5) is 0 Å². The molecule has 1 aliphatic rings. The minimum atomic E-state index is -0.470. The molecule has 1 fully saturated rings. The zero-order valence-electron chi connectivity index (χ0n) is 12.2. The number of carbonyl (C=O) groups excluding carboxylic acids is 2. The molecule has 2 rings (SSSR count). The Hall–Kier alpha value is -1.84. The Balaban J connectivity index is 1.92. The van der Waals surface area contributed by atoms with Crippen LogP contribution >= 0.6 is 0 Å². The fourth-order valence-electron chi connectivity index (χ4n) is 2.43. The van der Waals surface area contributed by atoms with Crippen molar-refractivity contribution in [1.82, 2.24) is 10.2 Å². The van der Waals surface area contributed by atoms with Crippen molar-refractivity contribution in [1.29, 1.82) is 0 Å².